The van der Waals surface area contributed by atoms with Gasteiger partial charge in [-0.15, -0.1) is 24.0 Å². The lowest BCUT2D eigenvalue weighted by Gasteiger charge is -2.18. The van der Waals surface area contributed by atoms with Gasteiger partial charge in [-0.1, -0.05) is 6.92 Å². The van der Waals surface area contributed by atoms with Gasteiger partial charge in [-0.3, -0.25) is 14.6 Å². The third-order valence-corrected chi connectivity index (χ3v) is 3.10. The molecule has 7 nitrogen and oxygen atoms in total. The highest BCUT2D eigenvalue weighted by Gasteiger charge is 2.25. The average molecular weight is 397 g/mol. The number of hydrogen-bond donors (Lipinski definition) is 3. The first kappa shape index (κ1) is 18.9. The summed E-state index contributed by atoms with van der Waals surface area (Å²) in [6.07, 6.45) is 1.43. The molecule has 0 radical (unpaired) electrons. The van der Waals surface area contributed by atoms with Crippen LogP contribution in [0, 0.1) is 0 Å². The van der Waals surface area contributed by atoms with E-state index in [4.69, 9.17) is 0 Å². The first-order valence-corrected chi connectivity index (χ1v) is 6.56. The summed E-state index contributed by atoms with van der Waals surface area (Å²) in [7, 11) is 3.24. The van der Waals surface area contributed by atoms with Crippen LogP contribution in [0.25, 0.3) is 0 Å². The molecule has 0 spiro atoms. The van der Waals surface area contributed by atoms with E-state index in [9.17, 15) is 9.59 Å². The molecule has 0 bridgehead atoms. The Morgan fingerprint density at radius 1 is 1.40 bits per heavy atom. The molecule has 8 heteroatoms. The van der Waals surface area contributed by atoms with E-state index >= 15 is 0 Å². The van der Waals surface area contributed by atoms with Gasteiger partial charge in [-0.05, 0) is 6.42 Å². The summed E-state index contributed by atoms with van der Waals surface area (Å²) < 4.78 is 0. The Bertz CT molecular complexity index is 362. The number of carbonyl (C=O) groups excluding carboxylic acids is 2. The minimum Gasteiger partial charge on any atom is -0.358 e. The number of amides is 2. The van der Waals surface area contributed by atoms with E-state index in [2.05, 4.69) is 20.9 Å². The van der Waals surface area contributed by atoms with Crippen molar-refractivity contribution in [1.29, 1.82) is 0 Å². The maximum atomic E-state index is 11.6. The van der Waals surface area contributed by atoms with Crippen molar-refractivity contribution in [3.05, 3.63) is 0 Å². The van der Waals surface area contributed by atoms with Crippen molar-refractivity contribution in [3.8, 4) is 0 Å². The van der Waals surface area contributed by atoms with Crippen LogP contribution >= 0.6 is 24.0 Å². The van der Waals surface area contributed by atoms with Crippen LogP contribution in [0.15, 0.2) is 4.99 Å². The number of halogens is 1. The van der Waals surface area contributed by atoms with Crippen LogP contribution in [0.5, 0.6) is 0 Å². The molecule has 3 N–H and O–H groups in total. The molecular weight excluding hydrogens is 373 g/mol. The van der Waals surface area contributed by atoms with Gasteiger partial charge in [0.05, 0.1) is 6.54 Å². The number of nitrogens with zero attached hydrogens (tertiary/aromatic N) is 2. The van der Waals surface area contributed by atoms with Gasteiger partial charge in [0.2, 0.25) is 11.8 Å². The van der Waals surface area contributed by atoms with Gasteiger partial charge in [-0.25, -0.2) is 0 Å². The molecule has 1 aliphatic heterocycles. The van der Waals surface area contributed by atoms with Gasteiger partial charge in [-0.2, -0.15) is 0 Å². The third-order valence-electron chi connectivity index (χ3n) is 3.10. The molecule has 0 aliphatic carbocycles. The molecular formula is C12H24IN5O2. The van der Waals surface area contributed by atoms with E-state index in [1.165, 1.54) is 0 Å². The molecule has 1 heterocycles. The molecule has 20 heavy (non-hydrogen) atoms. The summed E-state index contributed by atoms with van der Waals surface area (Å²) in [5.74, 6) is 0.661. The fraction of sp³-hybridized carbons (Fsp3) is 0.750. The first-order valence-electron chi connectivity index (χ1n) is 6.56. The zero-order valence-electron chi connectivity index (χ0n) is 12.2. The van der Waals surface area contributed by atoms with Crippen LogP contribution in [0.4, 0.5) is 0 Å². The van der Waals surface area contributed by atoms with Gasteiger partial charge in [0, 0.05) is 39.6 Å². The Hall–Kier alpha value is -1.06. The van der Waals surface area contributed by atoms with Crippen LogP contribution in [-0.2, 0) is 9.59 Å². The molecule has 116 valence electrons. The molecule has 0 saturated carbocycles. The van der Waals surface area contributed by atoms with Crippen molar-refractivity contribution in [1.82, 2.24) is 20.9 Å². The highest BCUT2D eigenvalue weighted by Crippen LogP contribution is 2.10. The van der Waals surface area contributed by atoms with Crippen molar-refractivity contribution in [2.24, 2.45) is 4.99 Å². The van der Waals surface area contributed by atoms with Crippen LogP contribution in [0.1, 0.15) is 19.8 Å². The monoisotopic (exact) mass is 397 g/mol. The standard InChI is InChI=1S/C12H23N5O2.HI/c1-4-11(19)17-6-5-9(8-17)16-12(14-3)15-7-10(18)13-2;/h9H,4-8H2,1-3H3,(H,13,18)(H2,14,15,16);1H. The smallest absolute Gasteiger partial charge is 0.239 e. The quantitative estimate of drug-likeness (QED) is 0.340. The Morgan fingerprint density at radius 2 is 2.10 bits per heavy atom. The van der Waals surface area contributed by atoms with Crippen molar-refractivity contribution >= 4 is 41.8 Å². The molecule has 1 aliphatic rings. The Balaban J connectivity index is 0.00000361. The molecule has 1 fully saturated rings. The molecule has 1 saturated heterocycles. The zero-order valence-corrected chi connectivity index (χ0v) is 14.6. The largest absolute Gasteiger partial charge is 0.358 e. The second kappa shape index (κ2) is 9.78. The van der Waals surface area contributed by atoms with Gasteiger partial charge >= 0.3 is 0 Å². The molecule has 0 aromatic carbocycles. The summed E-state index contributed by atoms with van der Waals surface area (Å²) >= 11 is 0. The number of likely N-dealkylation sites (tertiary alicyclic amines) is 1. The van der Waals surface area contributed by atoms with Crippen LogP contribution in [0.2, 0.25) is 0 Å². The van der Waals surface area contributed by atoms with Crippen molar-refractivity contribution < 1.29 is 9.59 Å². The lowest BCUT2D eigenvalue weighted by Crippen LogP contribution is -2.47. The van der Waals surface area contributed by atoms with Crippen molar-refractivity contribution in [2.45, 2.75) is 25.8 Å². The van der Waals surface area contributed by atoms with Crippen LogP contribution < -0.4 is 16.0 Å². The predicted molar refractivity (Wildman–Crippen MR) is 89.3 cm³/mol. The average Bonchev–Trinajstić information content (AvgIpc) is 2.90. The maximum Gasteiger partial charge on any atom is 0.239 e. The van der Waals surface area contributed by atoms with Crippen LogP contribution in [0.3, 0.4) is 0 Å². The number of aliphatic imine (C=N–C) groups is 1. The lowest BCUT2D eigenvalue weighted by molar-refractivity contribution is -0.129. The van der Waals surface area contributed by atoms with Gasteiger partial charge in [0.1, 0.15) is 0 Å². The fourth-order valence-electron chi connectivity index (χ4n) is 1.97. The maximum absolute atomic E-state index is 11.6. The zero-order chi connectivity index (χ0) is 14.3. The van der Waals surface area contributed by atoms with E-state index in [-0.39, 0.29) is 48.4 Å². The highest BCUT2D eigenvalue weighted by atomic mass is 127. The van der Waals surface area contributed by atoms with Crippen molar-refractivity contribution in [3.63, 3.8) is 0 Å². The van der Waals surface area contributed by atoms with Gasteiger partial charge in [0.15, 0.2) is 5.96 Å². The lowest BCUT2D eigenvalue weighted by atomic mass is 10.3. The number of likely N-dealkylation sites (N-methyl/N-ethyl adjacent to an activating group) is 1. The fourth-order valence-corrected chi connectivity index (χ4v) is 1.97. The second-order valence-corrected chi connectivity index (χ2v) is 4.42. The van der Waals surface area contributed by atoms with E-state index < -0.39 is 0 Å². The number of guanidine groups is 1. The van der Waals surface area contributed by atoms with Crippen molar-refractivity contribution in [2.75, 3.05) is 33.7 Å². The van der Waals surface area contributed by atoms with Gasteiger partial charge < -0.3 is 20.9 Å². The highest BCUT2D eigenvalue weighted by molar-refractivity contribution is 14.0. The normalized spacial score (nSPS) is 18.2. The number of hydrogen-bond acceptors (Lipinski definition) is 3. The third kappa shape index (κ3) is 5.93. The SMILES string of the molecule is CCC(=O)N1CCC(NC(=NC)NCC(=O)NC)C1.I. The van der Waals surface area contributed by atoms with E-state index in [0.29, 0.717) is 18.9 Å². The Labute approximate surface area is 137 Å². The minimum atomic E-state index is -0.0999. The molecule has 0 aromatic heterocycles. The summed E-state index contributed by atoms with van der Waals surface area (Å²) in [6, 6.07) is 0.186. The number of carbonyl (C=O) groups is 2. The topological polar surface area (TPSA) is 85.8 Å². The summed E-state index contributed by atoms with van der Waals surface area (Å²) in [6.45, 7) is 3.51. The van der Waals surface area contributed by atoms with Crippen LogP contribution in [-0.4, -0.2) is 62.4 Å². The van der Waals surface area contributed by atoms with E-state index in [0.717, 1.165) is 13.0 Å². The van der Waals surface area contributed by atoms with Gasteiger partial charge in [0.25, 0.3) is 0 Å². The molecule has 0 aromatic rings. The first-order chi connectivity index (χ1) is 9.10. The Morgan fingerprint density at radius 3 is 2.65 bits per heavy atom. The number of rotatable bonds is 4. The minimum absolute atomic E-state index is 0. The van der Waals surface area contributed by atoms with E-state index in [1.807, 2.05) is 11.8 Å². The molecule has 1 atom stereocenters. The second-order valence-electron chi connectivity index (χ2n) is 4.42. The molecule has 2 amide bonds. The molecule has 1 unspecified atom stereocenters. The summed E-state index contributed by atoms with van der Waals surface area (Å²) in [4.78, 5) is 28.6. The summed E-state index contributed by atoms with van der Waals surface area (Å²) in [5.41, 5.74) is 0. The summed E-state index contributed by atoms with van der Waals surface area (Å²) in [5, 5.41) is 8.68. The number of nitrogens with one attached hydrogen (secondary N) is 3. The van der Waals surface area contributed by atoms with E-state index in [1.54, 1.807) is 14.1 Å². The predicted octanol–water partition coefficient (Wildman–Crippen LogP) is -0.474. The molecule has 1 rings (SSSR count). The Kier molecular flexibility index (Phi) is 9.26.